The largest absolute Gasteiger partial charge is 0.361 e. The molecule has 1 aromatic heterocycles. The first-order valence-corrected chi connectivity index (χ1v) is 8.11. The van der Waals surface area contributed by atoms with Crippen molar-refractivity contribution in [1.29, 1.82) is 0 Å². The molecule has 3 aromatic rings. The van der Waals surface area contributed by atoms with Gasteiger partial charge in [-0.3, -0.25) is 4.99 Å². The molecule has 26 heavy (non-hydrogen) atoms. The number of aromatic nitrogens is 1. The van der Waals surface area contributed by atoms with E-state index in [9.17, 15) is 8.78 Å². The Kier molecular flexibility index (Phi) is 7.38. The van der Waals surface area contributed by atoms with Crippen LogP contribution >= 0.6 is 24.0 Å². The zero-order valence-electron chi connectivity index (χ0n) is 14.4. The highest BCUT2D eigenvalue weighted by atomic mass is 127. The van der Waals surface area contributed by atoms with Crippen molar-refractivity contribution < 1.29 is 8.78 Å². The predicted octanol–water partition coefficient (Wildman–Crippen LogP) is 3.97. The average Bonchev–Trinajstić information content (AvgIpc) is 3.01. The first-order chi connectivity index (χ1) is 12.2. The third-order valence-electron chi connectivity index (χ3n) is 4.04. The second-order valence-corrected chi connectivity index (χ2v) is 5.70. The van der Waals surface area contributed by atoms with Crippen molar-refractivity contribution >= 4 is 40.8 Å². The van der Waals surface area contributed by atoms with Gasteiger partial charge in [0.1, 0.15) is 11.6 Å². The summed E-state index contributed by atoms with van der Waals surface area (Å²) in [4.78, 5) is 7.27. The normalized spacial score (nSPS) is 11.3. The molecule has 138 valence electrons. The monoisotopic (exact) mass is 470 g/mol. The van der Waals surface area contributed by atoms with E-state index in [0.29, 0.717) is 31.0 Å². The van der Waals surface area contributed by atoms with Gasteiger partial charge in [0.15, 0.2) is 5.96 Å². The smallest absolute Gasteiger partial charge is 0.191 e. The van der Waals surface area contributed by atoms with Crippen LogP contribution in [0.2, 0.25) is 0 Å². The molecule has 0 fully saturated rings. The van der Waals surface area contributed by atoms with Gasteiger partial charge < -0.3 is 15.6 Å². The summed E-state index contributed by atoms with van der Waals surface area (Å²) in [6.45, 7) is 0.977. The number of guanidine groups is 1. The molecule has 3 N–H and O–H groups in total. The van der Waals surface area contributed by atoms with Gasteiger partial charge in [-0.05, 0) is 36.2 Å². The lowest BCUT2D eigenvalue weighted by Crippen LogP contribution is -2.38. The van der Waals surface area contributed by atoms with E-state index in [1.807, 2.05) is 6.20 Å². The number of hydrogen-bond acceptors (Lipinski definition) is 1. The topological polar surface area (TPSA) is 52.2 Å². The Hall–Kier alpha value is -2.16. The maximum absolute atomic E-state index is 13.6. The number of aliphatic imine (C=N–C) groups is 1. The minimum atomic E-state index is -0.247. The predicted molar refractivity (Wildman–Crippen MR) is 112 cm³/mol. The summed E-state index contributed by atoms with van der Waals surface area (Å²) in [6, 6.07) is 11.3. The van der Waals surface area contributed by atoms with Gasteiger partial charge in [-0.15, -0.1) is 24.0 Å². The Balaban J connectivity index is 0.00000243. The SMILES string of the molecule is CN=C(NCCc1c[nH]c2ccc(F)cc12)NCc1ccccc1F.I. The van der Waals surface area contributed by atoms with E-state index >= 15 is 0 Å². The molecular formula is C19H21F2IN4. The van der Waals surface area contributed by atoms with Crippen LogP contribution in [-0.2, 0) is 13.0 Å². The molecule has 0 bridgehead atoms. The van der Waals surface area contributed by atoms with Crippen LogP contribution in [0.25, 0.3) is 10.9 Å². The second-order valence-electron chi connectivity index (χ2n) is 5.70. The molecular weight excluding hydrogens is 449 g/mol. The van der Waals surface area contributed by atoms with Crippen LogP contribution in [0.15, 0.2) is 53.7 Å². The molecule has 7 heteroatoms. The Bertz CT molecular complexity index is 892. The molecule has 0 atom stereocenters. The molecule has 0 aliphatic rings. The average molecular weight is 470 g/mol. The fourth-order valence-corrected chi connectivity index (χ4v) is 2.71. The summed E-state index contributed by atoms with van der Waals surface area (Å²) in [5.41, 5.74) is 2.53. The standard InChI is InChI=1S/C19H20F2N4.HI/c1-22-19(25-12-14-4-2-3-5-17(14)21)23-9-8-13-11-24-18-7-6-15(20)10-16(13)18;/h2-7,10-11,24H,8-9,12H2,1H3,(H2,22,23,25);1H. The van der Waals surface area contributed by atoms with E-state index in [2.05, 4.69) is 20.6 Å². The lowest BCUT2D eigenvalue weighted by Gasteiger charge is -2.12. The zero-order valence-corrected chi connectivity index (χ0v) is 16.7. The van der Waals surface area contributed by atoms with Crippen LogP contribution in [0.5, 0.6) is 0 Å². The van der Waals surface area contributed by atoms with Crippen molar-refractivity contribution in [1.82, 2.24) is 15.6 Å². The highest BCUT2D eigenvalue weighted by molar-refractivity contribution is 14.0. The number of nitrogens with zero attached hydrogens (tertiary/aromatic N) is 1. The molecule has 2 aromatic carbocycles. The van der Waals surface area contributed by atoms with Crippen molar-refractivity contribution in [2.45, 2.75) is 13.0 Å². The van der Waals surface area contributed by atoms with E-state index in [1.54, 1.807) is 31.3 Å². The second kappa shape index (κ2) is 9.51. The van der Waals surface area contributed by atoms with Gasteiger partial charge in [-0.1, -0.05) is 18.2 Å². The summed E-state index contributed by atoms with van der Waals surface area (Å²) < 4.78 is 27.0. The van der Waals surface area contributed by atoms with E-state index < -0.39 is 0 Å². The number of H-pyrrole nitrogens is 1. The zero-order chi connectivity index (χ0) is 17.6. The summed E-state index contributed by atoms with van der Waals surface area (Å²) in [5, 5.41) is 7.15. The van der Waals surface area contributed by atoms with Crippen LogP contribution in [-0.4, -0.2) is 24.5 Å². The molecule has 1 heterocycles. The Labute approximate surface area is 168 Å². The number of hydrogen-bond donors (Lipinski definition) is 3. The molecule has 0 radical (unpaired) electrons. The lowest BCUT2D eigenvalue weighted by molar-refractivity contribution is 0.604. The number of benzene rings is 2. The van der Waals surface area contributed by atoms with Crippen molar-refractivity contribution in [2.75, 3.05) is 13.6 Å². The van der Waals surface area contributed by atoms with Gasteiger partial charge in [0, 0.05) is 42.8 Å². The molecule has 4 nitrogen and oxygen atoms in total. The molecule has 3 rings (SSSR count). The van der Waals surface area contributed by atoms with Gasteiger partial charge in [-0.2, -0.15) is 0 Å². The minimum Gasteiger partial charge on any atom is -0.361 e. The van der Waals surface area contributed by atoms with Crippen LogP contribution in [0.3, 0.4) is 0 Å². The molecule has 0 unspecified atom stereocenters. The minimum absolute atomic E-state index is 0. The maximum atomic E-state index is 13.6. The Morgan fingerprint density at radius 3 is 2.65 bits per heavy atom. The number of halogens is 3. The third kappa shape index (κ3) is 4.94. The quantitative estimate of drug-likeness (QED) is 0.300. The fourth-order valence-electron chi connectivity index (χ4n) is 2.71. The van der Waals surface area contributed by atoms with E-state index in [-0.39, 0.29) is 35.6 Å². The molecule has 0 saturated heterocycles. The van der Waals surface area contributed by atoms with Crippen LogP contribution in [0.4, 0.5) is 8.78 Å². The molecule has 0 aliphatic carbocycles. The van der Waals surface area contributed by atoms with Crippen molar-refractivity contribution in [2.24, 2.45) is 4.99 Å². The molecule has 0 spiro atoms. The number of aromatic amines is 1. The van der Waals surface area contributed by atoms with Gasteiger partial charge in [0.25, 0.3) is 0 Å². The number of fused-ring (bicyclic) bond motifs is 1. The summed E-state index contributed by atoms with van der Waals surface area (Å²) >= 11 is 0. The van der Waals surface area contributed by atoms with Crippen molar-refractivity contribution in [3.63, 3.8) is 0 Å². The molecule has 0 saturated carbocycles. The van der Waals surface area contributed by atoms with Crippen molar-refractivity contribution in [3.05, 3.63) is 71.4 Å². The van der Waals surface area contributed by atoms with Crippen molar-refractivity contribution in [3.8, 4) is 0 Å². The number of nitrogens with one attached hydrogen (secondary N) is 3. The summed E-state index contributed by atoms with van der Waals surface area (Å²) in [6.07, 6.45) is 2.60. The van der Waals surface area contributed by atoms with Gasteiger partial charge in [0.05, 0.1) is 0 Å². The molecule has 0 aliphatic heterocycles. The van der Waals surface area contributed by atoms with Crippen LogP contribution in [0, 0.1) is 11.6 Å². The van der Waals surface area contributed by atoms with E-state index in [1.165, 1.54) is 18.2 Å². The Morgan fingerprint density at radius 1 is 1.08 bits per heavy atom. The highest BCUT2D eigenvalue weighted by Gasteiger charge is 2.06. The van der Waals surface area contributed by atoms with E-state index in [0.717, 1.165) is 16.5 Å². The fraction of sp³-hybridized carbons (Fsp3) is 0.211. The van der Waals surface area contributed by atoms with Crippen LogP contribution in [0.1, 0.15) is 11.1 Å². The number of rotatable bonds is 5. The van der Waals surface area contributed by atoms with Gasteiger partial charge in [0.2, 0.25) is 0 Å². The van der Waals surface area contributed by atoms with Crippen LogP contribution < -0.4 is 10.6 Å². The Morgan fingerprint density at radius 2 is 1.88 bits per heavy atom. The van der Waals surface area contributed by atoms with E-state index in [4.69, 9.17) is 0 Å². The summed E-state index contributed by atoms with van der Waals surface area (Å²) in [7, 11) is 1.66. The highest BCUT2D eigenvalue weighted by Crippen LogP contribution is 2.19. The van der Waals surface area contributed by atoms with Gasteiger partial charge >= 0.3 is 0 Å². The summed E-state index contributed by atoms with van der Waals surface area (Å²) in [5.74, 6) is 0.101. The molecule has 0 amide bonds. The first kappa shape index (κ1) is 20.2. The van der Waals surface area contributed by atoms with Gasteiger partial charge in [-0.25, -0.2) is 8.78 Å². The third-order valence-corrected chi connectivity index (χ3v) is 4.04. The maximum Gasteiger partial charge on any atom is 0.191 e. The first-order valence-electron chi connectivity index (χ1n) is 8.11. The lowest BCUT2D eigenvalue weighted by atomic mass is 10.1.